The van der Waals surface area contributed by atoms with E-state index in [1.54, 1.807) is 25.4 Å². The molecule has 0 unspecified atom stereocenters. The first-order valence-electron chi connectivity index (χ1n) is 10.7. The summed E-state index contributed by atoms with van der Waals surface area (Å²) in [7, 11) is 1.57. The van der Waals surface area contributed by atoms with Gasteiger partial charge >= 0.3 is 0 Å². The zero-order valence-corrected chi connectivity index (χ0v) is 18.2. The van der Waals surface area contributed by atoms with E-state index in [1.807, 2.05) is 53.2 Å². The second kappa shape index (κ2) is 9.96. The first-order chi connectivity index (χ1) is 15.7. The van der Waals surface area contributed by atoms with Crippen molar-refractivity contribution < 1.29 is 14.3 Å². The molecular weight excluding hydrogens is 404 g/mol. The van der Waals surface area contributed by atoms with Crippen LogP contribution in [0.3, 0.4) is 0 Å². The number of methoxy groups -OCH3 is 1. The normalized spacial score (nSPS) is 10.8. The summed E-state index contributed by atoms with van der Waals surface area (Å²) >= 11 is 0. The van der Waals surface area contributed by atoms with Gasteiger partial charge < -0.3 is 14.8 Å². The van der Waals surface area contributed by atoms with E-state index in [4.69, 9.17) is 9.47 Å². The van der Waals surface area contributed by atoms with Crippen LogP contribution in [-0.2, 0) is 0 Å². The molecule has 32 heavy (non-hydrogen) atoms. The van der Waals surface area contributed by atoms with E-state index in [1.165, 1.54) is 0 Å². The molecule has 0 radical (unpaired) electrons. The molecule has 0 aliphatic rings. The number of carbonyl (C=O) groups excluding carboxylic acids is 1. The van der Waals surface area contributed by atoms with Crippen molar-refractivity contribution in [3.63, 3.8) is 0 Å². The average Bonchev–Trinajstić information content (AvgIpc) is 3.26. The van der Waals surface area contributed by atoms with E-state index in [0.29, 0.717) is 29.4 Å². The third-order valence-corrected chi connectivity index (χ3v) is 5.11. The van der Waals surface area contributed by atoms with E-state index in [0.717, 1.165) is 36.3 Å². The largest absolute Gasteiger partial charge is 0.495 e. The third-order valence-electron chi connectivity index (χ3n) is 5.11. The van der Waals surface area contributed by atoms with Crippen LogP contribution in [0.2, 0.25) is 0 Å². The van der Waals surface area contributed by atoms with Crippen LogP contribution >= 0.6 is 0 Å². The first kappa shape index (κ1) is 21.4. The molecule has 2 aromatic heterocycles. The minimum atomic E-state index is -0.227. The smallest absolute Gasteiger partial charge is 0.255 e. The van der Waals surface area contributed by atoms with E-state index in [-0.39, 0.29) is 5.91 Å². The van der Waals surface area contributed by atoms with Gasteiger partial charge in [-0.05, 0) is 55.0 Å². The fourth-order valence-electron chi connectivity index (χ4n) is 3.37. The van der Waals surface area contributed by atoms with Crippen molar-refractivity contribution in [3.8, 4) is 22.8 Å². The van der Waals surface area contributed by atoms with Crippen LogP contribution in [0.4, 0.5) is 5.69 Å². The second-order valence-electron chi connectivity index (χ2n) is 7.40. The van der Waals surface area contributed by atoms with Gasteiger partial charge in [-0.25, -0.2) is 9.97 Å². The summed E-state index contributed by atoms with van der Waals surface area (Å²) < 4.78 is 13.0. The predicted molar refractivity (Wildman–Crippen MR) is 124 cm³/mol. The van der Waals surface area contributed by atoms with Crippen LogP contribution in [0, 0.1) is 0 Å². The molecule has 0 fully saturated rings. The van der Waals surface area contributed by atoms with Crippen LogP contribution in [0.1, 0.15) is 36.5 Å². The van der Waals surface area contributed by atoms with Crippen molar-refractivity contribution in [3.05, 3.63) is 72.7 Å². The summed E-state index contributed by atoms with van der Waals surface area (Å²) in [4.78, 5) is 21.6. The van der Waals surface area contributed by atoms with Gasteiger partial charge in [-0.15, -0.1) is 0 Å². The SMILES string of the molecule is CCCCCOc1ccc(C(=O)Nc2cc(-c3cn4cccnc4n3)ccc2OC)cc1. The maximum Gasteiger partial charge on any atom is 0.255 e. The van der Waals surface area contributed by atoms with Crippen molar-refractivity contribution in [1.29, 1.82) is 0 Å². The fourth-order valence-corrected chi connectivity index (χ4v) is 3.37. The Labute approximate surface area is 187 Å². The van der Waals surface area contributed by atoms with Crippen LogP contribution in [0.5, 0.6) is 11.5 Å². The molecule has 0 saturated heterocycles. The Bertz CT molecular complexity index is 1170. The number of anilines is 1. The molecule has 1 amide bonds. The van der Waals surface area contributed by atoms with Gasteiger partial charge in [0, 0.05) is 29.7 Å². The van der Waals surface area contributed by atoms with Gasteiger partial charge in [0.1, 0.15) is 11.5 Å². The Morgan fingerprint density at radius 3 is 2.72 bits per heavy atom. The van der Waals surface area contributed by atoms with Gasteiger partial charge in [-0.2, -0.15) is 0 Å². The summed E-state index contributed by atoms with van der Waals surface area (Å²) in [6, 6.07) is 14.6. The van der Waals surface area contributed by atoms with Gasteiger partial charge in [0.05, 0.1) is 25.1 Å². The molecule has 4 rings (SSSR count). The monoisotopic (exact) mass is 430 g/mol. The lowest BCUT2D eigenvalue weighted by Gasteiger charge is -2.12. The van der Waals surface area contributed by atoms with Gasteiger partial charge in [-0.1, -0.05) is 19.8 Å². The number of unbranched alkanes of at least 4 members (excludes halogenated alkanes) is 2. The zero-order chi connectivity index (χ0) is 22.3. The molecule has 0 aliphatic heterocycles. The number of amides is 1. The van der Waals surface area contributed by atoms with Gasteiger partial charge in [0.25, 0.3) is 5.91 Å². The highest BCUT2D eigenvalue weighted by Crippen LogP contribution is 2.31. The summed E-state index contributed by atoms with van der Waals surface area (Å²) in [5.41, 5.74) is 2.71. The number of nitrogens with zero attached hydrogens (tertiary/aromatic N) is 3. The van der Waals surface area contributed by atoms with Crippen molar-refractivity contribution in [2.75, 3.05) is 19.0 Å². The van der Waals surface area contributed by atoms with Crippen molar-refractivity contribution in [2.24, 2.45) is 0 Å². The standard InChI is InChI=1S/C25H26N4O3/c1-3-4-5-15-32-20-10-7-18(8-11-20)24(30)27-21-16-19(9-12-23(21)31-2)22-17-29-14-6-13-26-25(29)28-22/h6-14,16-17H,3-5,15H2,1-2H3,(H,27,30). The summed E-state index contributed by atoms with van der Waals surface area (Å²) in [6.07, 6.45) is 8.82. The maximum absolute atomic E-state index is 12.8. The molecule has 0 saturated carbocycles. The number of rotatable bonds is 9. The third kappa shape index (κ3) is 4.88. The predicted octanol–water partition coefficient (Wildman–Crippen LogP) is 5.23. The van der Waals surface area contributed by atoms with E-state index in [2.05, 4.69) is 22.2 Å². The minimum absolute atomic E-state index is 0.227. The van der Waals surface area contributed by atoms with Gasteiger partial charge in [0.2, 0.25) is 5.78 Å². The first-order valence-corrected chi connectivity index (χ1v) is 10.7. The molecule has 0 bridgehead atoms. The molecule has 0 atom stereocenters. The number of hydrogen-bond acceptors (Lipinski definition) is 5. The average molecular weight is 431 g/mol. The second-order valence-corrected chi connectivity index (χ2v) is 7.40. The minimum Gasteiger partial charge on any atom is -0.495 e. The lowest BCUT2D eigenvalue weighted by Crippen LogP contribution is -2.12. The number of nitrogens with one attached hydrogen (secondary N) is 1. The Kier molecular flexibility index (Phi) is 6.65. The molecule has 4 aromatic rings. The number of hydrogen-bond donors (Lipinski definition) is 1. The lowest BCUT2D eigenvalue weighted by molar-refractivity contribution is 0.102. The van der Waals surface area contributed by atoms with Crippen LogP contribution < -0.4 is 14.8 Å². The molecule has 0 aliphatic carbocycles. The molecular formula is C25H26N4O3. The summed E-state index contributed by atoms with van der Waals surface area (Å²) in [5, 5.41) is 2.95. The topological polar surface area (TPSA) is 77.8 Å². The molecule has 2 heterocycles. The molecule has 164 valence electrons. The highest BCUT2D eigenvalue weighted by molar-refractivity contribution is 6.05. The Morgan fingerprint density at radius 1 is 1.12 bits per heavy atom. The van der Waals surface area contributed by atoms with E-state index in [9.17, 15) is 4.79 Å². The Hall–Kier alpha value is -3.87. The quantitative estimate of drug-likeness (QED) is 0.368. The van der Waals surface area contributed by atoms with E-state index < -0.39 is 0 Å². The number of ether oxygens (including phenoxy) is 2. The molecule has 7 heteroatoms. The van der Waals surface area contributed by atoms with Gasteiger partial charge in [0.15, 0.2) is 0 Å². The Balaban J connectivity index is 1.50. The fraction of sp³-hybridized carbons (Fsp3) is 0.240. The van der Waals surface area contributed by atoms with Crippen LogP contribution in [0.25, 0.3) is 17.0 Å². The van der Waals surface area contributed by atoms with Crippen molar-refractivity contribution in [1.82, 2.24) is 14.4 Å². The van der Waals surface area contributed by atoms with E-state index >= 15 is 0 Å². The van der Waals surface area contributed by atoms with Gasteiger partial charge in [-0.3, -0.25) is 9.20 Å². The molecule has 1 N–H and O–H groups in total. The van der Waals surface area contributed by atoms with Crippen molar-refractivity contribution >= 4 is 17.4 Å². The molecule has 2 aromatic carbocycles. The summed E-state index contributed by atoms with van der Waals surface area (Å²) in [6.45, 7) is 2.84. The number of fused-ring (bicyclic) bond motifs is 1. The van der Waals surface area contributed by atoms with Crippen molar-refractivity contribution in [2.45, 2.75) is 26.2 Å². The molecule has 0 spiro atoms. The summed E-state index contributed by atoms with van der Waals surface area (Å²) in [5.74, 6) is 1.72. The van der Waals surface area contributed by atoms with Crippen LogP contribution in [0.15, 0.2) is 67.1 Å². The maximum atomic E-state index is 12.8. The number of imidazole rings is 1. The number of carbonyl (C=O) groups is 1. The highest BCUT2D eigenvalue weighted by atomic mass is 16.5. The number of benzene rings is 2. The number of aromatic nitrogens is 3. The lowest BCUT2D eigenvalue weighted by atomic mass is 10.1. The van der Waals surface area contributed by atoms with Crippen LogP contribution in [-0.4, -0.2) is 34.0 Å². The Morgan fingerprint density at radius 2 is 1.97 bits per heavy atom. The zero-order valence-electron chi connectivity index (χ0n) is 18.2. The highest BCUT2D eigenvalue weighted by Gasteiger charge is 2.13. The molecule has 7 nitrogen and oxygen atoms in total.